The molecule has 5 nitrogen and oxygen atoms in total. The summed E-state index contributed by atoms with van der Waals surface area (Å²) in [6.45, 7) is 1.49. The molecule has 1 aliphatic heterocycles. The number of nitrogens with zero attached hydrogens (tertiary/aromatic N) is 3. The van der Waals surface area contributed by atoms with Crippen molar-refractivity contribution in [2.75, 3.05) is 13.1 Å². The number of hydrogen-bond acceptors (Lipinski definition) is 4. The maximum Gasteiger partial charge on any atom is 0.257 e. The number of furan rings is 1. The average molecular weight is 398 g/mol. The van der Waals surface area contributed by atoms with Gasteiger partial charge in [-0.15, -0.1) is 0 Å². The number of halogens is 1. The van der Waals surface area contributed by atoms with Gasteiger partial charge in [-0.2, -0.15) is 5.10 Å². The fraction of sp³-hybridized carbons (Fsp3) is 0.455. The van der Waals surface area contributed by atoms with Crippen molar-refractivity contribution in [3.05, 3.63) is 59.0 Å². The number of hydrazone groups is 1. The van der Waals surface area contributed by atoms with Crippen LogP contribution in [0.5, 0.6) is 0 Å². The number of rotatable bonds is 7. The second-order valence-corrected chi connectivity index (χ2v) is 8.57. The fourth-order valence-electron chi connectivity index (χ4n) is 3.92. The zero-order chi connectivity index (χ0) is 19.1. The Hall–Kier alpha value is -2.11. The highest BCUT2D eigenvalue weighted by Gasteiger charge is 2.39. The first-order chi connectivity index (χ1) is 13.7. The molecule has 2 heterocycles. The molecule has 1 aromatic heterocycles. The zero-order valence-electron chi connectivity index (χ0n) is 15.8. The van der Waals surface area contributed by atoms with E-state index in [2.05, 4.69) is 4.90 Å². The van der Waals surface area contributed by atoms with Crippen LogP contribution in [0.25, 0.3) is 0 Å². The summed E-state index contributed by atoms with van der Waals surface area (Å²) in [5.74, 6) is 1.61. The van der Waals surface area contributed by atoms with Crippen molar-refractivity contribution in [3.63, 3.8) is 0 Å². The lowest BCUT2D eigenvalue weighted by atomic mass is 10.0. The van der Waals surface area contributed by atoms with E-state index in [0.29, 0.717) is 24.0 Å². The van der Waals surface area contributed by atoms with Gasteiger partial charge in [0.05, 0.1) is 18.5 Å². The second-order valence-electron chi connectivity index (χ2n) is 8.13. The van der Waals surface area contributed by atoms with Crippen molar-refractivity contribution >= 4 is 23.2 Å². The first-order valence-corrected chi connectivity index (χ1v) is 10.5. The lowest BCUT2D eigenvalue weighted by molar-refractivity contribution is -0.134. The predicted octanol–water partition coefficient (Wildman–Crippen LogP) is 4.49. The molecular formula is C22H24ClN3O2. The molecule has 3 aliphatic rings. The van der Waals surface area contributed by atoms with Crippen LogP contribution in [0.2, 0.25) is 5.02 Å². The van der Waals surface area contributed by atoms with Crippen LogP contribution in [0.3, 0.4) is 0 Å². The molecule has 2 aromatic rings. The second kappa shape index (κ2) is 7.37. The molecule has 0 radical (unpaired) electrons. The first kappa shape index (κ1) is 18.0. The van der Waals surface area contributed by atoms with Gasteiger partial charge in [0.25, 0.3) is 5.91 Å². The summed E-state index contributed by atoms with van der Waals surface area (Å²) in [6.07, 6.45) is 7.32. The third-order valence-corrected chi connectivity index (χ3v) is 6.06. The van der Waals surface area contributed by atoms with E-state index in [4.69, 9.17) is 21.1 Å². The van der Waals surface area contributed by atoms with Crippen molar-refractivity contribution in [1.29, 1.82) is 0 Å². The van der Waals surface area contributed by atoms with Gasteiger partial charge in [0.1, 0.15) is 11.8 Å². The van der Waals surface area contributed by atoms with Crippen LogP contribution >= 0.6 is 11.6 Å². The van der Waals surface area contributed by atoms with E-state index < -0.39 is 0 Å². The minimum Gasteiger partial charge on any atom is -0.467 e. The van der Waals surface area contributed by atoms with E-state index in [9.17, 15) is 4.79 Å². The van der Waals surface area contributed by atoms with Crippen molar-refractivity contribution in [2.45, 2.75) is 44.2 Å². The summed E-state index contributed by atoms with van der Waals surface area (Å²) in [4.78, 5) is 15.6. The smallest absolute Gasteiger partial charge is 0.257 e. The van der Waals surface area contributed by atoms with Crippen molar-refractivity contribution in [1.82, 2.24) is 9.91 Å². The molecule has 2 fully saturated rings. The Kier molecular flexibility index (Phi) is 4.73. The quantitative estimate of drug-likeness (QED) is 0.691. The van der Waals surface area contributed by atoms with Crippen LogP contribution in [-0.4, -0.2) is 40.7 Å². The Balaban J connectivity index is 1.38. The Bertz CT molecular complexity index is 870. The first-order valence-electron chi connectivity index (χ1n) is 10.1. The van der Waals surface area contributed by atoms with E-state index in [0.717, 1.165) is 29.5 Å². The number of carbonyl (C=O) groups is 1. The summed E-state index contributed by atoms with van der Waals surface area (Å²) in [7, 11) is 0. The largest absolute Gasteiger partial charge is 0.467 e. The van der Waals surface area contributed by atoms with E-state index in [1.807, 2.05) is 36.4 Å². The van der Waals surface area contributed by atoms with Gasteiger partial charge in [0, 0.05) is 24.0 Å². The summed E-state index contributed by atoms with van der Waals surface area (Å²) in [6, 6.07) is 11.8. The Labute approximate surface area is 169 Å². The molecule has 28 heavy (non-hydrogen) atoms. The van der Waals surface area contributed by atoms with Crippen LogP contribution in [0, 0.1) is 5.92 Å². The van der Waals surface area contributed by atoms with Crippen molar-refractivity contribution in [3.8, 4) is 0 Å². The summed E-state index contributed by atoms with van der Waals surface area (Å²) >= 11 is 6.02. The average Bonchev–Trinajstić information content (AvgIpc) is 3.60. The number of carbonyl (C=O) groups excluding carboxylic acids is 1. The van der Waals surface area contributed by atoms with Crippen LogP contribution in [0.1, 0.15) is 49.5 Å². The number of benzene rings is 1. The molecule has 0 N–H and O–H groups in total. The Morgan fingerprint density at radius 1 is 1.18 bits per heavy atom. The van der Waals surface area contributed by atoms with Crippen LogP contribution in [0.15, 0.2) is 52.2 Å². The van der Waals surface area contributed by atoms with Gasteiger partial charge in [0.15, 0.2) is 0 Å². The number of amides is 1. The van der Waals surface area contributed by atoms with Gasteiger partial charge >= 0.3 is 0 Å². The molecule has 1 atom stereocenters. The molecule has 2 aliphatic carbocycles. The molecule has 0 saturated heterocycles. The minimum absolute atomic E-state index is 0.0536. The third-order valence-electron chi connectivity index (χ3n) is 5.81. The fourth-order valence-corrected chi connectivity index (χ4v) is 4.05. The van der Waals surface area contributed by atoms with Crippen LogP contribution in [0.4, 0.5) is 0 Å². The van der Waals surface area contributed by atoms with Gasteiger partial charge in [-0.05, 0) is 61.4 Å². The summed E-state index contributed by atoms with van der Waals surface area (Å²) in [5, 5.41) is 7.06. The normalized spacial score (nSPS) is 22.0. The van der Waals surface area contributed by atoms with E-state index >= 15 is 0 Å². The standard InChI is InChI=1S/C22H24ClN3O2/c23-17-7-5-16(6-8-17)19-12-20(21-2-1-11-28-21)26(24-19)22(27)14-25(18-9-10-18)13-15-3-4-15/h1-2,5-8,11,15,18,20H,3-4,9-10,12-14H2. The molecular weight excluding hydrogens is 374 g/mol. The van der Waals surface area contributed by atoms with Gasteiger partial charge < -0.3 is 4.42 Å². The third kappa shape index (κ3) is 3.87. The molecule has 1 amide bonds. The molecule has 146 valence electrons. The van der Waals surface area contributed by atoms with Crippen LogP contribution in [-0.2, 0) is 4.79 Å². The van der Waals surface area contributed by atoms with Crippen LogP contribution < -0.4 is 0 Å². The molecule has 2 saturated carbocycles. The maximum absolute atomic E-state index is 13.2. The molecule has 0 spiro atoms. The number of hydrogen-bond donors (Lipinski definition) is 0. The molecule has 5 rings (SSSR count). The lowest BCUT2D eigenvalue weighted by Gasteiger charge is -2.25. The molecule has 1 aromatic carbocycles. The summed E-state index contributed by atoms with van der Waals surface area (Å²) < 4.78 is 5.64. The van der Waals surface area contributed by atoms with E-state index in [1.54, 1.807) is 11.3 Å². The lowest BCUT2D eigenvalue weighted by Crippen LogP contribution is -2.40. The minimum atomic E-state index is -0.185. The maximum atomic E-state index is 13.2. The van der Waals surface area contributed by atoms with E-state index in [-0.39, 0.29) is 11.9 Å². The van der Waals surface area contributed by atoms with Gasteiger partial charge in [-0.3, -0.25) is 9.69 Å². The van der Waals surface area contributed by atoms with Gasteiger partial charge in [-0.25, -0.2) is 5.01 Å². The van der Waals surface area contributed by atoms with Gasteiger partial charge in [-0.1, -0.05) is 23.7 Å². The predicted molar refractivity (Wildman–Crippen MR) is 108 cm³/mol. The highest BCUT2D eigenvalue weighted by atomic mass is 35.5. The highest BCUT2D eigenvalue weighted by molar-refractivity contribution is 6.30. The summed E-state index contributed by atoms with van der Waals surface area (Å²) in [5.41, 5.74) is 1.89. The monoisotopic (exact) mass is 397 g/mol. The molecule has 1 unspecified atom stereocenters. The van der Waals surface area contributed by atoms with Crippen molar-refractivity contribution in [2.24, 2.45) is 11.0 Å². The van der Waals surface area contributed by atoms with Gasteiger partial charge in [0.2, 0.25) is 0 Å². The van der Waals surface area contributed by atoms with Crippen molar-refractivity contribution < 1.29 is 9.21 Å². The zero-order valence-corrected chi connectivity index (χ0v) is 16.5. The Morgan fingerprint density at radius 2 is 1.96 bits per heavy atom. The molecule has 6 heteroatoms. The highest BCUT2D eigenvalue weighted by Crippen LogP contribution is 2.36. The topological polar surface area (TPSA) is 49.1 Å². The SMILES string of the molecule is O=C(CN(CC1CC1)C1CC1)N1N=C(c2ccc(Cl)cc2)CC1c1ccco1. The molecule has 0 bridgehead atoms. The van der Waals surface area contributed by atoms with E-state index in [1.165, 1.54) is 25.7 Å². The Morgan fingerprint density at radius 3 is 2.61 bits per heavy atom.